The van der Waals surface area contributed by atoms with Crippen LogP contribution >= 0.6 is 11.6 Å². The molecule has 1 heterocycles. The minimum absolute atomic E-state index is 0.0907. The number of benzene rings is 1. The molecule has 0 N–H and O–H groups in total. The fourth-order valence-corrected chi connectivity index (χ4v) is 4.24. The Bertz CT molecular complexity index is 422. The highest BCUT2D eigenvalue weighted by Gasteiger charge is 2.31. The summed E-state index contributed by atoms with van der Waals surface area (Å²) in [5.41, 5.74) is 2.77. The van der Waals surface area contributed by atoms with Gasteiger partial charge in [-0.2, -0.15) is 0 Å². The summed E-state index contributed by atoms with van der Waals surface area (Å²) < 4.78 is 5.64. The number of alkyl halides is 1. The minimum atomic E-state index is 0.0907. The Morgan fingerprint density at radius 3 is 2.35 bits per heavy atom. The van der Waals surface area contributed by atoms with Crippen LogP contribution in [0, 0.1) is 5.92 Å². The third-order valence-electron chi connectivity index (χ3n) is 5.14. The molecule has 0 radical (unpaired) electrons. The Hall–Kier alpha value is -0.530. The summed E-state index contributed by atoms with van der Waals surface area (Å²) in [7, 11) is 0. The van der Waals surface area contributed by atoms with Crippen LogP contribution in [0.4, 0.5) is 0 Å². The van der Waals surface area contributed by atoms with Crippen molar-refractivity contribution in [1.29, 1.82) is 0 Å². The Labute approximate surface area is 127 Å². The van der Waals surface area contributed by atoms with Crippen LogP contribution in [0.5, 0.6) is 0 Å². The Kier molecular flexibility index (Phi) is 4.68. The van der Waals surface area contributed by atoms with Crippen LogP contribution < -0.4 is 0 Å². The third-order valence-corrected chi connectivity index (χ3v) is 5.72. The third kappa shape index (κ3) is 3.04. The first-order valence-electron chi connectivity index (χ1n) is 8.11. The molecule has 1 aromatic carbocycles. The second kappa shape index (κ2) is 6.49. The molecule has 20 heavy (non-hydrogen) atoms. The standard InChI is InChI=1S/C18H25ClO/c1-13-17(11-12-20-13)18(19)16-9-7-15(8-10-16)14-5-3-2-4-6-14/h7-10,13-14,17-18H,2-6,11-12H2,1H3. The predicted octanol–water partition coefficient (Wildman–Crippen LogP) is 5.44. The van der Waals surface area contributed by atoms with E-state index in [1.54, 1.807) is 0 Å². The van der Waals surface area contributed by atoms with Crippen molar-refractivity contribution in [3.8, 4) is 0 Å². The predicted molar refractivity (Wildman–Crippen MR) is 84.4 cm³/mol. The maximum atomic E-state index is 6.67. The molecule has 1 saturated heterocycles. The van der Waals surface area contributed by atoms with E-state index >= 15 is 0 Å². The molecule has 2 heteroatoms. The molecule has 3 rings (SSSR count). The van der Waals surface area contributed by atoms with Crippen LogP contribution in [0.3, 0.4) is 0 Å². The highest BCUT2D eigenvalue weighted by molar-refractivity contribution is 6.21. The van der Waals surface area contributed by atoms with Crippen LogP contribution in [0.2, 0.25) is 0 Å². The highest BCUT2D eigenvalue weighted by Crippen LogP contribution is 2.39. The largest absolute Gasteiger partial charge is 0.378 e. The molecular formula is C18H25ClO. The van der Waals surface area contributed by atoms with E-state index in [0.717, 1.165) is 18.9 Å². The van der Waals surface area contributed by atoms with E-state index in [1.807, 2.05) is 0 Å². The first kappa shape index (κ1) is 14.4. The first-order valence-corrected chi connectivity index (χ1v) is 8.55. The first-order chi connectivity index (χ1) is 9.75. The number of hydrogen-bond donors (Lipinski definition) is 0. The Morgan fingerprint density at radius 1 is 1.05 bits per heavy atom. The van der Waals surface area contributed by atoms with Crippen molar-refractivity contribution in [3.63, 3.8) is 0 Å². The molecule has 1 saturated carbocycles. The van der Waals surface area contributed by atoms with Crippen molar-refractivity contribution in [1.82, 2.24) is 0 Å². The zero-order valence-corrected chi connectivity index (χ0v) is 13.1. The van der Waals surface area contributed by atoms with Crippen molar-refractivity contribution in [2.75, 3.05) is 6.61 Å². The number of ether oxygens (including phenoxy) is 1. The lowest BCUT2D eigenvalue weighted by atomic mass is 9.83. The summed E-state index contributed by atoms with van der Waals surface area (Å²) in [5.74, 6) is 1.23. The van der Waals surface area contributed by atoms with Crippen LogP contribution in [0.1, 0.15) is 67.9 Å². The zero-order valence-electron chi connectivity index (χ0n) is 12.4. The fraction of sp³-hybridized carbons (Fsp3) is 0.667. The van der Waals surface area contributed by atoms with E-state index in [9.17, 15) is 0 Å². The van der Waals surface area contributed by atoms with Crippen molar-refractivity contribution in [2.24, 2.45) is 5.92 Å². The van der Waals surface area contributed by atoms with E-state index < -0.39 is 0 Å². The quantitative estimate of drug-likeness (QED) is 0.674. The molecule has 1 aliphatic carbocycles. The maximum Gasteiger partial charge on any atom is 0.0638 e. The fourth-order valence-electron chi connectivity index (χ4n) is 3.77. The van der Waals surface area contributed by atoms with Gasteiger partial charge in [-0.05, 0) is 43.2 Å². The van der Waals surface area contributed by atoms with Crippen molar-refractivity contribution in [2.45, 2.75) is 62.8 Å². The van der Waals surface area contributed by atoms with Gasteiger partial charge in [-0.25, -0.2) is 0 Å². The van der Waals surface area contributed by atoms with Crippen LogP contribution in [-0.4, -0.2) is 12.7 Å². The summed E-state index contributed by atoms with van der Waals surface area (Å²) in [6.45, 7) is 3.00. The molecule has 2 aliphatic rings. The summed E-state index contributed by atoms with van der Waals surface area (Å²) in [4.78, 5) is 0. The zero-order chi connectivity index (χ0) is 13.9. The van der Waals surface area contributed by atoms with Gasteiger partial charge in [0.25, 0.3) is 0 Å². The van der Waals surface area contributed by atoms with E-state index in [0.29, 0.717) is 5.92 Å². The molecular weight excluding hydrogens is 268 g/mol. The molecule has 1 nitrogen and oxygen atoms in total. The number of rotatable bonds is 3. The Morgan fingerprint density at radius 2 is 1.75 bits per heavy atom. The summed E-state index contributed by atoms with van der Waals surface area (Å²) in [5, 5.41) is 0.0907. The average Bonchev–Trinajstić information content (AvgIpc) is 2.94. The molecule has 0 aromatic heterocycles. The number of halogens is 1. The summed E-state index contributed by atoms with van der Waals surface area (Å²) in [6, 6.07) is 9.10. The molecule has 0 amide bonds. The monoisotopic (exact) mass is 292 g/mol. The van der Waals surface area contributed by atoms with Gasteiger partial charge in [-0.15, -0.1) is 11.6 Å². The molecule has 0 bridgehead atoms. The van der Waals surface area contributed by atoms with E-state index in [1.165, 1.54) is 43.2 Å². The molecule has 3 unspecified atom stereocenters. The van der Waals surface area contributed by atoms with Crippen molar-refractivity contribution >= 4 is 11.6 Å². The normalized spacial score (nSPS) is 29.5. The van der Waals surface area contributed by atoms with Gasteiger partial charge in [0, 0.05) is 12.5 Å². The molecule has 3 atom stereocenters. The van der Waals surface area contributed by atoms with Gasteiger partial charge in [0.2, 0.25) is 0 Å². The highest BCUT2D eigenvalue weighted by atomic mass is 35.5. The van der Waals surface area contributed by atoms with Crippen molar-refractivity contribution < 1.29 is 4.74 Å². The van der Waals surface area contributed by atoms with E-state index in [2.05, 4.69) is 31.2 Å². The van der Waals surface area contributed by atoms with E-state index in [4.69, 9.17) is 16.3 Å². The van der Waals surface area contributed by atoms with Gasteiger partial charge in [0.05, 0.1) is 11.5 Å². The van der Waals surface area contributed by atoms with Crippen LogP contribution in [-0.2, 0) is 4.74 Å². The maximum absolute atomic E-state index is 6.67. The van der Waals surface area contributed by atoms with Crippen LogP contribution in [0.25, 0.3) is 0 Å². The van der Waals surface area contributed by atoms with Gasteiger partial charge >= 0.3 is 0 Å². The van der Waals surface area contributed by atoms with E-state index in [-0.39, 0.29) is 11.5 Å². The second-order valence-corrected chi connectivity index (χ2v) is 6.90. The SMILES string of the molecule is CC1OCCC1C(Cl)c1ccc(C2CCCCC2)cc1. The lowest BCUT2D eigenvalue weighted by molar-refractivity contribution is 0.105. The smallest absolute Gasteiger partial charge is 0.0638 e. The lowest BCUT2D eigenvalue weighted by Gasteiger charge is -2.24. The summed E-state index contributed by atoms with van der Waals surface area (Å²) in [6.07, 6.45) is 8.28. The van der Waals surface area contributed by atoms with Crippen LogP contribution in [0.15, 0.2) is 24.3 Å². The topological polar surface area (TPSA) is 9.23 Å². The Balaban J connectivity index is 1.68. The van der Waals surface area contributed by atoms with Gasteiger partial charge in [-0.1, -0.05) is 43.5 Å². The molecule has 2 fully saturated rings. The molecule has 1 aliphatic heterocycles. The lowest BCUT2D eigenvalue weighted by Crippen LogP contribution is -2.16. The molecule has 1 aromatic rings. The second-order valence-electron chi connectivity index (χ2n) is 6.43. The average molecular weight is 293 g/mol. The molecule has 0 spiro atoms. The number of hydrogen-bond acceptors (Lipinski definition) is 1. The van der Waals surface area contributed by atoms with Gasteiger partial charge in [0.15, 0.2) is 0 Å². The summed E-state index contributed by atoms with van der Waals surface area (Å²) >= 11 is 6.67. The van der Waals surface area contributed by atoms with Gasteiger partial charge in [-0.3, -0.25) is 0 Å². The van der Waals surface area contributed by atoms with Gasteiger partial charge in [0.1, 0.15) is 0 Å². The minimum Gasteiger partial charge on any atom is -0.378 e. The van der Waals surface area contributed by atoms with Gasteiger partial charge < -0.3 is 4.74 Å². The molecule has 110 valence electrons. The van der Waals surface area contributed by atoms with Crippen molar-refractivity contribution in [3.05, 3.63) is 35.4 Å².